The highest BCUT2D eigenvalue weighted by atomic mass is 16.4. The van der Waals surface area contributed by atoms with E-state index in [4.69, 9.17) is 10.2 Å². The van der Waals surface area contributed by atoms with E-state index in [0.29, 0.717) is 12.8 Å². The number of benzene rings is 1. The number of aliphatic hydroxyl groups excluding tert-OH is 1. The van der Waals surface area contributed by atoms with Gasteiger partial charge < -0.3 is 15.9 Å². The maximum Gasteiger partial charge on any atom is 0.368 e. The third kappa shape index (κ3) is 3.05. The van der Waals surface area contributed by atoms with Crippen molar-refractivity contribution < 1.29 is 20.7 Å². The van der Waals surface area contributed by atoms with Crippen LogP contribution in [0, 0.1) is 6.92 Å². The highest BCUT2D eigenvalue weighted by Crippen LogP contribution is 2.11. The fourth-order valence-electron chi connectivity index (χ4n) is 1.39. The molecule has 0 saturated heterocycles. The van der Waals surface area contributed by atoms with Gasteiger partial charge in [-0.25, -0.2) is 4.79 Å². The van der Waals surface area contributed by atoms with Crippen molar-refractivity contribution in [1.82, 2.24) is 0 Å². The maximum absolute atomic E-state index is 10.9. The summed E-state index contributed by atoms with van der Waals surface area (Å²) in [7, 11) is 0. The number of quaternary nitrogens is 1. The van der Waals surface area contributed by atoms with Crippen LogP contribution < -0.4 is 5.73 Å². The van der Waals surface area contributed by atoms with Crippen LogP contribution in [-0.2, 0) is 11.2 Å². The van der Waals surface area contributed by atoms with Gasteiger partial charge in [0.25, 0.3) is 0 Å². The molecule has 0 spiro atoms. The predicted molar refractivity (Wildman–Crippen MR) is 59.8 cm³/mol. The average Bonchev–Trinajstić information content (AvgIpc) is 2.27. The summed E-state index contributed by atoms with van der Waals surface area (Å²) in [6, 6.07) is 7.91. The summed E-state index contributed by atoms with van der Waals surface area (Å²) in [4.78, 5) is 10.9. The Morgan fingerprint density at radius 3 is 2.38 bits per heavy atom. The van der Waals surface area contributed by atoms with Gasteiger partial charge in [-0.15, -0.1) is 0 Å². The molecule has 0 radical (unpaired) electrons. The van der Waals surface area contributed by atoms with E-state index >= 15 is 0 Å². The number of hydrogen-bond donors (Lipinski definition) is 3. The Morgan fingerprint density at radius 2 is 1.94 bits per heavy atom. The van der Waals surface area contributed by atoms with Crippen molar-refractivity contribution in [2.45, 2.75) is 25.3 Å². The summed E-state index contributed by atoms with van der Waals surface area (Å²) in [5.41, 5.74) is 4.52. The number of aliphatic carboxylic acids is 1. The molecule has 0 aliphatic heterocycles. The summed E-state index contributed by atoms with van der Waals surface area (Å²) >= 11 is 0. The molecule has 16 heavy (non-hydrogen) atoms. The summed E-state index contributed by atoms with van der Waals surface area (Å²) in [5.74, 6) is -1.05. The van der Waals surface area contributed by atoms with E-state index in [0.717, 1.165) is 5.56 Å². The Balaban J connectivity index is 2.63. The number of hydrogen-bond acceptors (Lipinski definition) is 2. The molecule has 4 heteroatoms. The predicted octanol–water partition coefficient (Wildman–Crippen LogP) is -0.0148. The van der Waals surface area contributed by atoms with Crippen LogP contribution in [0.4, 0.5) is 0 Å². The molecule has 1 aromatic rings. The van der Waals surface area contributed by atoms with Gasteiger partial charge in [0.05, 0.1) is 0 Å². The number of rotatable bonds is 5. The molecule has 88 valence electrons. The molecule has 0 aliphatic rings. The quantitative estimate of drug-likeness (QED) is 0.657. The number of carbonyl (C=O) groups is 1. The third-order valence-corrected chi connectivity index (χ3v) is 2.77. The summed E-state index contributed by atoms with van der Waals surface area (Å²) in [6.07, 6.45) is 0.943. The first kappa shape index (κ1) is 12.7. The average molecular weight is 224 g/mol. The van der Waals surface area contributed by atoms with Crippen molar-refractivity contribution in [3.8, 4) is 0 Å². The van der Waals surface area contributed by atoms with Gasteiger partial charge in [0.2, 0.25) is 5.54 Å². The van der Waals surface area contributed by atoms with E-state index in [-0.39, 0.29) is 0 Å². The zero-order chi connectivity index (χ0) is 12.2. The van der Waals surface area contributed by atoms with Crippen molar-refractivity contribution in [3.05, 3.63) is 35.4 Å². The van der Waals surface area contributed by atoms with Gasteiger partial charge in [-0.3, -0.25) is 0 Å². The highest BCUT2D eigenvalue weighted by molar-refractivity contribution is 5.76. The minimum Gasteiger partial charge on any atom is -0.477 e. The zero-order valence-corrected chi connectivity index (χ0v) is 9.44. The Morgan fingerprint density at radius 1 is 1.38 bits per heavy atom. The lowest BCUT2D eigenvalue weighted by atomic mass is 9.93. The number of carboxylic acid groups (broad SMARTS) is 1. The lowest BCUT2D eigenvalue weighted by Crippen LogP contribution is -2.78. The number of aliphatic hydroxyl groups is 1. The molecule has 4 nitrogen and oxygen atoms in total. The highest BCUT2D eigenvalue weighted by Gasteiger charge is 2.37. The van der Waals surface area contributed by atoms with Gasteiger partial charge in [-0.05, 0) is 18.9 Å². The number of aryl methyl sites for hydroxylation is 2. The van der Waals surface area contributed by atoms with Crippen LogP contribution in [-0.4, -0.2) is 28.3 Å². The lowest BCUT2D eigenvalue weighted by molar-refractivity contribution is -0.469. The van der Waals surface area contributed by atoms with Crippen LogP contribution >= 0.6 is 0 Å². The van der Waals surface area contributed by atoms with Gasteiger partial charge >= 0.3 is 5.97 Å². The molecule has 0 aliphatic carbocycles. The van der Waals surface area contributed by atoms with Crippen LogP contribution in [0.3, 0.4) is 0 Å². The molecule has 1 unspecified atom stereocenters. The second-order valence-corrected chi connectivity index (χ2v) is 4.23. The summed E-state index contributed by atoms with van der Waals surface area (Å²) in [5, 5.41) is 18.0. The Labute approximate surface area is 94.7 Å². The third-order valence-electron chi connectivity index (χ3n) is 2.77. The molecular formula is C12H18NO3+. The Kier molecular flexibility index (Phi) is 4.04. The van der Waals surface area contributed by atoms with Crippen molar-refractivity contribution in [2.75, 3.05) is 6.61 Å². The van der Waals surface area contributed by atoms with Gasteiger partial charge in [0.1, 0.15) is 6.61 Å². The molecule has 0 saturated carbocycles. The first-order valence-electron chi connectivity index (χ1n) is 5.23. The molecule has 1 rings (SSSR count). The minimum atomic E-state index is -1.29. The molecule has 0 amide bonds. The van der Waals surface area contributed by atoms with Gasteiger partial charge in [0, 0.05) is 6.42 Å². The smallest absolute Gasteiger partial charge is 0.368 e. The van der Waals surface area contributed by atoms with Crippen LogP contribution in [0.5, 0.6) is 0 Å². The molecule has 0 bridgehead atoms. The fourth-order valence-corrected chi connectivity index (χ4v) is 1.39. The first-order valence-corrected chi connectivity index (χ1v) is 5.23. The topological polar surface area (TPSA) is 85.2 Å². The molecule has 1 atom stereocenters. The lowest BCUT2D eigenvalue weighted by Gasteiger charge is -2.18. The largest absolute Gasteiger partial charge is 0.477 e. The van der Waals surface area contributed by atoms with E-state index in [1.165, 1.54) is 5.56 Å². The first-order chi connectivity index (χ1) is 7.48. The number of carboxylic acids is 1. The normalized spacial score (nSPS) is 14.4. The van der Waals surface area contributed by atoms with Crippen LogP contribution in [0.15, 0.2) is 24.3 Å². The van der Waals surface area contributed by atoms with Crippen molar-refractivity contribution >= 4 is 5.97 Å². The molecule has 0 aromatic heterocycles. The van der Waals surface area contributed by atoms with Crippen LogP contribution in [0.2, 0.25) is 0 Å². The molecule has 1 aromatic carbocycles. The van der Waals surface area contributed by atoms with E-state index in [1.807, 2.05) is 31.2 Å². The summed E-state index contributed by atoms with van der Waals surface area (Å²) < 4.78 is 0. The second kappa shape index (κ2) is 5.09. The Hall–Kier alpha value is -1.39. The molecular weight excluding hydrogens is 206 g/mol. The van der Waals surface area contributed by atoms with E-state index in [9.17, 15) is 4.79 Å². The van der Waals surface area contributed by atoms with E-state index in [2.05, 4.69) is 5.73 Å². The zero-order valence-electron chi connectivity index (χ0n) is 9.44. The maximum atomic E-state index is 10.9. The van der Waals surface area contributed by atoms with E-state index in [1.54, 1.807) is 0 Å². The fraction of sp³-hybridized carbons (Fsp3) is 0.417. The molecule has 0 fully saturated rings. The van der Waals surface area contributed by atoms with E-state index < -0.39 is 18.1 Å². The SMILES string of the molecule is Cc1ccc(CCC([NH3+])(CO)C(=O)O)cc1. The molecule has 0 heterocycles. The minimum absolute atomic E-state index is 0.335. The monoisotopic (exact) mass is 224 g/mol. The molecule has 5 N–H and O–H groups in total. The van der Waals surface area contributed by atoms with Crippen molar-refractivity contribution in [1.29, 1.82) is 0 Å². The van der Waals surface area contributed by atoms with Gasteiger partial charge in [-0.1, -0.05) is 29.8 Å². The van der Waals surface area contributed by atoms with Gasteiger partial charge in [0.15, 0.2) is 0 Å². The standard InChI is InChI=1S/C12H17NO3/c1-9-2-4-10(5-3-9)6-7-12(13,8-14)11(15)16/h2-5,14H,6-8,13H2,1H3,(H,15,16)/p+1. The summed E-state index contributed by atoms with van der Waals surface area (Å²) in [6.45, 7) is 1.56. The van der Waals surface area contributed by atoms with Crippen molar-refractivity contribution in [3.63, 3.8) is 0 Å². The van der Waals surface area contributed by atoms with Crippen LogP contribution in [0.25, 0.3) is 0 Å². The van der Waals surface area contributed by atoms with Gasteiger partial charge in [-0.2, -0.15) is 0 Å². The second-order valence-electron chi connectivity index (χ2n) is 4.23. The van der Waals surface area contributed by atoms with Crippen LogP contribution in [0.1, 0.15) is 17.5 Å². The van der Waals surface area contributed by atoms with Crippen molar-refractivity contribution in [2.24, 2.45) is 0 Å². The Bertz CT molecular complexity index is 361.